The fourth-order valence-corrected chi connectivity index (χ4v) is 1.94. The van der Waals surface area contributed by atoms with E-state index in [-0.39, 0.29) is 0 Å². The molecular formula is C10H11N2S+. The molecule has 0 saturated heterocycles. The molecule has 0 bridgehead atoms. The summed E-state index contributed by atoms with van der Waals surface area (Å²) in [5.74, 6) is 0. The number of rotatable bonds is 1. The Labute approximate surface area is 81.6 Å². The molecule has 3 heteroatoms. The Balaban J connectivity index is 2.84. The zero-order valence-corrected chi connectivity index (χ0v) is 8.51. The van der Waals surface area contributed by atoms with Gasteiger partial charge >= 0.3 is 0 Å². The molecule has 0 spiro atoms. The molecule has 0 saturated carbocycles. The molecule has 1 aromatic carbocycles. The van der Waals surface area contributed by atoms with E-state index in [0.717, 1.165) is 0 Å². The smallest absolute Gasteiger partial charge is 0.127 e. The molecule has 0 N–H and O–H groups in total. The Bertz CT molecular complexity index is 440. The van der Waals surface area contributed by atoms with Crippen LogP contribution >= 0.6 is 11.8 Å². The lowest BCUT2D eigenvalue weighted by Crippen LogP contribution is -2.33. The van der Waals surface area contributed by atoms with E-state index in [1.54, 1.807) is 11.8 Å². The lowest BCUT2D eigenvalue weighted by atomic mass is 10.2. The molecule has 13 heavy (non-hydrogen) atoms. The van der Waals surface area contributed by atoms with Crippen LogP contribution in [0.25, 0.3) is 10.9 Å². The molecule has 2 nitrogen and oxygen atoms in total. The van der Waals surface area contributed by atoms with Crippen molar-refractivity contribution >= 4 is 22.7 Å². The van der Waals surface area contributed by atoms with Crippen LogP contribution < -0.4 is 4.68 Å². The number of hydrogen-bond acceptors (Lipinski definition) is 2. The summed E-state index contributed by atoms with van der Waals surface area (Å²) in [6.45, 7) is 0. The van der Waals surface area contributed by atoms with Gasteiger partial charge in [-0.05, 0) is 17.4 Å². The van der Waals surface area contributed by atoms with Gasteiger partial charge in [0.25, 0.3) is 0 Å². The Morgan fingerprint density at radius 2 is 2.08 bits per heavy atom. The van der Waals surface area contributed by atoms with Crippen LogP contribution in [-0.2, 0) is 7.05 Å². The molecule has 1 aromatic heterocycles. The molecular weight excluding hydrogens is 180 g/mol. The van der Waals surface area contributed by atoms with E-state index in [2.05, 4.69) is 29.6 Å². The van der Waals surface area contributed by atoms with Gasteiger partial charge < -0.3 is 0 Å². The van der Waals surface area contributed by atoms with E-state index >= 15 is 0 Å². The Hall–Kier alpha value is -1.09. The summed E-state index contributed by atoms with van der Waals surface area (Å²) in [5, 5.41) is 5.54. The van der Waals surface area contributed by atoms with Gasteiger partial charge in [-0.25, -0.2) is 0 Å². The average Bonchev–Trinajstić information content (AvgIpc) is 2.19. The molecule has 0 aliphatic heterocycles. The average molecular weight is 191 g/mol. The normalized spacial score (nSPS) is 10.6. The van der Waals surface area contributed by atoms with E-state index < -0.39 is 0 Å². The Kier molecular flexibility index (Phi) is 2.19. The summed E-state index contributed by atoms with van der Waals surface area (Å²) in [6, 6.07) is 8.31. The van der Waals surface area contributed by atoms with Gasteiger partial charge in [0, 0.05) is 11.0 Å². The number of thioether (sulfide) groups is 1. The molecule has 0 unspecified atom stereocenters. The Morgan fingerprint density at radius 3 is 2.85 bits per heavy atom. The second kappa shape index (κ2) is 3.34. The zero-order chi connectivity index (χ0) is 9.26. The first-order chi connectivity index (χ1) is 6.33. The highest BCUT2D eigenvalue weighted by atomic mass is 32.2. The van der Waals surface area contributed by atoms with Gasteiger partial charge in [0.2, 0.25) is 5.52 Å². The first kappa shape index (κ1) is 8.51. The number of benzene rings is 1. The van der Waals surface area contributed by atoms with Crippen LogP contribution in [0.1, 0.15) is 0 Å². The van der Waals surface area contributed by atoms with Crippen molar-refractivity contribution in [3.8, 4) is 0 Å². The van der Waals surface area contributed by atoms with Crippen LogP contribution in [0.5, 0.6) is 0 Å². The number of aryl methyl sites for hydroxylation is 1. The van der Waals surface area contributed by atoms with Crippen molar-refractivity contribution in [2.45, 2.75) is 4.90 Å². The predicted molar refractivity (Wildman–Crippen MR) is 54.7 cm³/mol. The first-order valence-electron chi connectivity index (χ1n) is 4.11. The molecule has 2 aromatic rings. The van der Waals surface area contributed by atoms with Crippen molar-refractivity contribution in [3.63, 3.8) is 0 Å². The minimum atomic E-state index is 1.18. The second-order valence-corrected chi connectivity index (χ2v) is 3.70. The lowest BCUT2D eigenvalue weighted by molar-refractivity contribution is -0.706. The second-order valence-electron chi connectivity index (χ2n) is 2.85. The van der Waals surface area contributed by atoms with Crippen molar-refractivity contribution < 1.29 is 4.68 Å². The van der Waals surface area contributed by atoms with E-state index in [4.69, 9.17) is 0 Å². The molecule has 66 valence electrons. The predicted octanol–water partition coefficient (Wildman–Crippen LogP) is 1.78. The van der Waals surface area contributed by atoms with Crippen LogP contribution in [0.2, 0.25) is 0 Å². The topological polar surface area (TPSA) is 16.8 Å². The molecule has 0 radical (unpaired) electrons. The van der Waals surface area contributed by atoms with Crippen LogP contribution in [0.4, 0.5) is 0 Å². The Morgan fingerprint density at radius 1 is 1.31 bits per heavy atom. The standard InChI is InChI=1S/C10H11N2S/c1-12-9-6-4-3-5-8(9)10(13-2)7-11-12/h3-7H,1-2H3/q+1. The molecule has 0 atom stereocenters. The van der Waals surface area contributed by atoms with Crippen LogP contribution in [0.15, 0.2) is 35.4 Å². The van der Waals surface area contributed by atoms with E-state index in [1.807, 2.05) is 24.0 Å². The van der Waals surface area contributed by atoms with Crippen molar-refractivity contribution in [1.82, 2.24) is 5.10 Å². The fraction of sp³-hybridized carbons (Fsp3) is 0.200. The number of nitrogens with zero attached hydrogens (tertiary/aromatic N) is 2. The monoisotopic (exact) mass is 191 g/mol. The fourth-order valence-electron chi connectivity index (χ4n) is 1.40. The molecule has 0 aliphatic carbocycles. The number of hydrogen-bond donors (Lipinski definition) is 0. The molecule has 2 rings (SSSR count). The maximum absolute atomic E-state index is 4.27. The largest absolute Gasteiger partial charge is 0.240 e. The lowest BCUT2D eigenvalue weighted by Gasteiger charge is -1.98. The summed E-state index contributed by atoms with van der Waals surface area (Å²) >= 11 is 1.73. The van der Waals surface area contributed by atoms with Gasteiger partial charge in [-0.1, -0.05) is 16.8 Å². The summed E-state index contributed by atoms with van der Waals surface area (Å²) in [6.07, 6.45) is 3.98. The van der Waals surface area contributed by atoms with Crippen molar-refractivity contribution in [1.29, 1.82) is 0 Å². The minimum Gasteiger partial charge on any atom is -0.127 e. The number of fused-ring (bicyclic) bond motifs is 1. The molecule has 0 aliphatic rings. The van der Waals surface area contributed by atoms with E-state index in [0.29, 0.717) is 0 Å². The zero-order valence-electron chi connectivity index (χ0n) is 7.69. The first-order valence-corrected chi connectivity index (χ1v) is 5.33. The van der Waals surface area contributed by atoms with Crippen LogP contribution in [-0.4, -0.2) is 11.4 Å². The number of aromatic nitrogens is 2. The van der Waals surface area contributed by atoms with Crippen LogP contribution in [0.3, 0.4) is 0 Å². The SMILES string of the molecule is CSc1cn[n+](C)c2ccccc12. The highest BCUT2D eigenvalue weighted by Gasteiger charge is 2.08. The highest BCUT2D eigenvalue weighted by molar-refractivity contribution is 7.98. The van der Waals surface area contributed by atoms with Gasteiger partial charge in [0.15, 0.2) is 7.05 Å². The van der Waals surface area contributed by atoms with Gasteiger partial charge in [-0.15, -0.1) is 11.8 Å². The quantitative estimate of drug-likeness (QED) is 0.505. The third kappa shape index (κ3) is 1.40. The third-order valence-corrected chi connectivity index (χ3v) is 2.85. The molecule has 0 amide bonds. The van der Waals surface area contributed by atoms with Gasteiger partial charge in [0.05, 0.1) is 5.39 Å². The van der Waals surface area contributed by atoms with Gasteiger partial charge in [0.1, 0.15) is 6.20 Å². The summed E-state index contributed by atoms with van der Waals surface area (Å²) < 4.78 is 1.90. The minimum absolute atomic E-state index is 1.18. The van der Waals surface area contributed by atoms with E-state index in [9.17, 15) is 0 Å². The van der Waals surface area contributed by atoms with E-state index in [1.165, 1.54) is 15.8 Å². The van der Waals surface area contributed by atoms with Gasteiger partial charge in [-0.2, -0.15) is 0 Å². The third-order valence-electron chi connectivity index (χ3n) is 2.09. The highest BCUT2D eigenvalue weighted by Crippen LogP contribution is 2.21. The van der Waals surface area contributed by atoms with Gasteiger partial charge in [-0.3, -0.25) is 0 Å². The van der Waals surface area contributed by atoms with Crippen molar-refractivity contribution in [2.24, 2.45) is 7.05 Å². The van der Waals surface area contributed by atoms with Crippen molar-refractivity contribution in [3.05, 3.63) is 30.5 Å². The summed E-state index contributed by atoms with van der Waals surface area (Å²) in [7, 11) is 1.96. The van der Waals surface area contributed by atoms with Crippen LogP contribution in [0, 0.1) is 0 Å². The maximum atomic E-state index is 4.27. The maximum Gasteiger partial charge on any atom is 0.240 e. The van der Waals surface area contributed by atoms with Crippen molar-refractivity contribution in [2.75, 3.05) is 6.26 Å². The summed E-state index contributed by atoms with van der Waals surface area (Å²) in [4.78, 5) is 1.23. The number of para-hydroxylation sites is 1. The summed E-state index contributed by atoms with van der Waals surface area (Å²) in [5.41, 5.74) is 1.18. The molecule has 0 fully saturated rings. The molecule has 1 heterocycles.